The molecule has 7 aromatic rings. The summed E-state index contributed by atoms with van der Waals surface area (Å²) in [6.07, 6.45) is 0. The molecule has 0 aromatic heterocycles. The van der Waals surface area contributed by atoms with Crippen LogP contribution < -0.4 is 21.1 Å². The van der Waals surface area contributed by atoms with E-state index >= 15 is 0 Å². The maximum atomic E-state index is 4.08. The third kappa shape index (κ3) is 4.03. The third-order valence-corrected chi connectivity index (χ3v) is 13.8. The number of thioether (sulfide) groups is 1. The zero-order valence-corrected chi connectivity index (χ0v) is 30.1. The van der Waals surface area contributed by atoms with Gasteiger partial charge < -0.3 is 10.1 Å². The summed E-state index contributed by atoms with van der Waals surface area (Å²) in [6.45, 7) is 9.43. The van der Waals surface area contributed by atoms with Crippen LogP contribution in [0.3, 0.4) is 0 Å². The number of nitrogens with zero attached hydrogens (tertiary/aromatic N) is 1. The normalized spacial score (nSPS) is 18.4. The molecule has 0 amide bonds. The lowest BCUT2D eigenvalue weighted by atomic mass is 9.43. The monoisotopic (exact) mass is 672 g/mol. The first-order chi connectivity index (χ1) is 24.9. The van der Waals surface area contributed by atoms with Crippen LogP contribution in [0, 0.1) is 6.92 Å². The van der Waals surface area contributed by atoms with Gasteiger partial charge in [-0.25, -0.2) is 0 Å². The molecule has 0 saturated carbocycles. The quantitative estimate of drug-likeness (QED) is 0.184. The van der Waals surface area contributed by atoms with Crippen LogP contribution in [-0.4, -0.2) is 6.85 Å². The van der Waals surface area contributed by atoms with Gasteiger partial charge in [-0.3, -0.25) is 0 Å². The van der Waals surface area contributed by atoms with Crippen molar-refractivity contribution in [2.45, 2.75) is 49.2 Å². The molecule has 2 nitrogen and oxygen atoms in total. The van der Waals surface area contributed by atoms with E-state index in [9.17, 15) is 0 Å². The Morgan fingerprint density at radius 1 is 0.667 bits per heavy atom. The standard InChI is InChI=1S/C47H37BN2S/c1-27-22-37-36-24-29-12-5-6-13-30(29)25-42(36)50(31-20-21-34-33-15-7-9-17-38(33)47(3,4)39(34)26-31)48-40-18-11-16-35(45(40)49-41(23-27)44(37)48)46-28(2)32-14-8-10-19-43(32)51-46/h5-26,28,46,49H,1-4H3. The second-order valence-electron chi connectivity index (χ2n) is 15.5. The number of fused-ring (bicyclic) bond motifs is 9. The largest absolute Gasteiger partial charge is 0.376 e. The first-order valence-electron chi connectivity index (χ1n) is 18.2. The number of para-hydroxylation sites is 1. The highest BCUT2D eigenvalue weighted by molar-refractivity contribution is 8.00. The first-order valence-corrected chi connectivity index (χ1v) is 19.1. The molecule has 3 aliphatic heterocycles. The number of anilines is 4. The van der Waals surface area contributed by atoms with Crippen molar-refractivity contribution < 1.29 is 0 Å². The van der Waals surface area contributed by atoms with Crippen molar-refractivity contribution in [1.29, 1.82) is 0 Å². The van der Waals surface area contributed by atoms with Crippen LogP contribution in [0.4, 0.5) is 22.7 Å². The fourth-order valence-electron chi connectivity index (χ4n) is 9.79. The molecule has 0 spiro atoms. The van der Waals surface area contributed by atoms with Gasteiger partial charge in [0.1, 0.15) is 0 Å². The Bertz CT molecular complexity index is 2640. The predicted molar refractivity (Wildman–Crippen MR) is 218 cm³/mol. The van der Waals surface area contributed by atoms with Gasteiger partial charge in [-0.1, -0.05) is 118 Å². The zero-order valence-electron chi connectivity index (χ0n) is 29.3. The molecule has 0 fully saturated rings. The van der Waals surface area contributed by atoms with E-state index in [1.54, 1.807) is 0 Å². The molecule has 7 aromatic carbocycles. The van der Waals surface area contributed by atoms with Gasteiger partial charge in [0.15, 0.2) is 0 Å². The van der Waals surface area contributed by atoms with Crippen molar-refractivity contribution in [3.05, 3.63) is 161 Å². The van der Waals surface area contributed by atoms with Gasteiger partial charge in [0, 0.05) is 43.9 Å². The lowest BCUT2D eigenvalue weighted by Gasteiger charge is -2.44. The second-order valence-corrected chi connectivity index (χ2v) is 16.6. The van der Waals surface area contributed by atoms with Gasteiger partial charge in [0.05, 0.1) is 0 Å². The molecule has 11 rings (SSSR count). The van der Waals surface area contributed by atoms with E-state index in [0.29, 0.717) is 11.2 Å². The Balaban J connectivity index is 1.18. The molecule has 4 aliphatic rings. The summed E-state index contributed by atoms with van der Waals surface area (Å²) < 4.78 is 0. The molecule has 1 N–H and O–H groups in total. The van der Waals surface area contributed by atoms with Gasteiger partial charge in [0.2, 0.25) is 0 Å². The Hall–Kier alpha value is -5.19. The zero-order chi connectivity index (χ0) is 34.2. The Kier molecular flexibility index (Phi) is 6.04. The summed E-state index contributed by atoms with van der Waals surface area (Å²) in [5.41, 5.74) is 19.9. The molecule has 0 saturated heterocycles. The molecule has 0 bridgehead atoms. The van der Waals surface area contributed by atoms with Gasteiger partial charge in [-0.15, -0.1) is 11.8 Å². The molecule has 4 heteroatoms. The highest BCUT2D eigenvalue weighted by atomic mass is 32.2. The molecule has 0 radical (unpaired) electrons. The van der Waals surface area contributed by atoms with Crippen molar-refractivity contribution in [2.75, 3.05) is 10.1 Å². The molecule has 2 atom stereocenters. The number of benzene rings is 7. The smallest absolute Gasteiger partial charge is 0.333 e. The van der Waals surface area contributed by atoms with Crippen molar-refractivity contribution in [2.24, 2.45) is 0 Å². The molecule has 244 valence electrons. The van der Waals surface area contributed by atoms with Crippen LogP contribution in [0.25, 0.3) is 33.0 Å². The lowest BCUT2D eigenvalue weighted by molar-refractivity contribution is 0.660. The Morgan fingerprint density at radius 3 is 2.27 bits per heavy atom. The van der Waals surface area contributed by atoms with Crippen LogP contribution in [0.2, 0.25) is 0 Å². The maximum absolute atomic E-state index is 4.08. The Morgan fingerprint density at radius 2 is 1.41 bits per heavy atom. The minimum atomic E-state index is -0.0891. The van der Waals surface area contributed by atoms with E-state index in [-0.39, 0.29) is 12.3 Å². The minimum absolute atomic E-state index is 0.00878. The summed E-state index contributed by atoms with van der Waals surface area (Å²) in [6, 6.07) is 50.8. The van der Waals surface area contributed by atoms with Crippen molar-refractivity contribution >= 4 is 63.1 Å². The molecule has 3 heterocycles. The van der Waals surface area contributed by atoms with Crippen LogP contribution >= 0.6 is 11.8 Å². The second kappa shape index (κ2) is 10.4. The summed E-state index contributed by atoms with van der Waals surface area (Å²) in [4.78, 5) is 4.08. The number of hydrogen-bond donors (Lipinski definition) is 1. The van der Waals surface area contributed by atoms with E-state index in [1.807, 2.05) is 11.8 Å². The molecule has 1 aliphatic carbocycles. The first kappa shape index (κ1) is 29.5. The maximum Gasteiger partial charge on any atom is 0.333 e. The molecular formula is C47H37BN2S. The van der Waals surface area contributed by atoms with E-state index in [0.717, 1.165) is 0 Å². The average Bonchev–Trinajstić information content (AvgIpc) is 3.60. The topological polar surface area (TPSA) is 15.3 Å². The fraction of sp³-hybridized carbons (Fsp3) is 0.149. The molecule has 2 unspecified atom stereocenters. The van der Waals surface area contributed by atoms with Crippen LogP contribution in [0.5, 0.6) is 0 Å². The SMILES string of the molecule is Cc1cc2c3c(c1)-c1cc4ccccc4cc1N(c1ccc4c(c1)C(C)(C)c1ccccc1-4)B3c1cccc(C3Sc4ccccc4C3C)c1N2. The Labute approximate surface area is 304 Å². The lowest BCUT2D eigenvalue weighted by Crippen LogP contribution is -2.60. The fourth-order valence-corrected chi connectivity index (χ4v) is 11.3. The summed E-state index contributed by atoms with van der Waals surface area (Å²) in [5.74, 6) is 0.420. The summed E-state index contributed by atoms with van der Waals surface area (Å²) in [5, 5.41) is 6.96. The van der Waals surface area contributed by atoms with Crippen molar-refractivity contribution in [3.8, 4) is 22.3 Å². The van der Waals surface area contributed by atoms with Crippen molar-refractivity contribution in [3.63, 3.8) is 0 Å². The minimum Gasteiger partial charge on any atom is -0.376 e. The third-order valence-electron chi connectivity index (χ3n) is 12.2. The van der Waals surface area contributed by atoms with E-state index < -0.39 is 0 Å². The molecular weight excluding hydrogens is 635 g/mol. The van der Waals surface area contributed by atoms with E-state index in [4.69, 9.17) is 0 Å². The van der Waals surface area contributed by atoms with Gasteiger partial charge >= 0.3 is 6.85 Å². The van der Waals surface area contributed by atoms with Gasteiger partial charge in [-0.2, -0.15) is 0 Å². The number of rotatable bonds is 2. The highest BCUT2D eigenvalue weighted by Crippen LogP contribution is 2.56. The summed E-state index contributed by atoms with van der Waals surface area (Å²) in [7, 11) is 0. The average molecular weight is 673 g/mol. The van der Waals surface area contributed by atoms with Crippen molar-refractivity contribution in [1.82, 2.24) is 0 Å². The summed E-state index contributed by atoms with van der Waals surface area (Å²) >= 11 is 2.02. The number of hydrogen-bond acceptors (Lipinski definition) is 3. The number of nitrogens with one attached hydrogen (secondary N) is 1. The van der Waals surface area contributed by atoms with Crippen LogP contribution in [0.15, 0.2) is 138 Å². The predicted octanol–water partition coefficient (Wildman–Crippen LogP) is 11.4. The highest BCUT2D eigenvalue weighted by Gasteiger charge is 2.45. The van der Waals surface area contributed by atoms with E-state index in [1.165, 1.54) is 99.4 Å². The van der Waals surface area contributed by atoms with Crippen LogP contribution in [0.1, 0.15) is 59.8 Å². The number of aryl methyl sites for hydroxylation is 1. The van der Waals surface area contributed by atoms with Gasteiger partial charge in [0.25, 0.3) is 0 Å². The van der Waals surface area contributed by atoms with E-state index in [2.05, 4.69) is 171 Å². The van der Waals surface area contributed by atoms with Gasteiger partial charge in [-0.05, 0) is 115 Å². The molecule has 51 heavy (non-hydrogen) atoms. The van der Waals surface area contributed by atoms with Crippen LogP contribution in [-0.2, 0) is 5.41 Å².